The predicted octanol–water partition coefficient (Wildman–Crippen LogP) is -3.24. The molecule has 56 nitrogen and oxygen atoms in total. The fraction of sp³-hybridized carbons (Fsp3) is 0.750. The van der Waals surface area contributed by atoms with Crippen LogP contribution in [-0.2, 0) is 266 Å². The summed E-state index contributed by atoms with van der Waals surface area (Å²) in [5.74, 6) is -26.2. The van der Waals surface area contributed by atoms with Gasteiger partial charge < -0.3 is 166 Å². The maximum absolute atomic E-state index is 14.0. The molecule has 0 amide bonds. The second-order valence-corrected chi connectivity index (χ2v) is 32.2. The first-order chi connectivity index (χ1) is 65.7. The second kappa shape index (κ2) is 51.6. The van der Waals surface area contributed by atoms with E-state index in [0.717, 1.165) is 145 Å². The Labute approximate surface area is 795 Å². The van der Waals surface area contributed by atoms with Crippen molar-refractivity contribution >= 4 is 125 Å². The van der Waals surface area contributed by atoms with E-state index >= 15 is 0 Å². The highest BCUT2D eigenvalue weighted by molar-refractivity contribution is 5.74. The van der Waals surface area contributed by atoms with Gasteiger partial charge in [-0.15, -0.1) is 0 Å². The van der Waals surface area contributed by atoms with Gasteiger partial charge in [-0.1, -0.05) is 0 Å². The van der Waals surface area contributed by atoms with Gasteiger partial charge in [0, 0.05) is 145 Å². The molecule has 0 aromatic carbocycles. The summed E-state index contributed by atoms with van der Waals surface area (Å²) in [6.07, 6.45) is -81.4. The molecule has 0 saturated carbocycles. The van der Waals surface area contributed by atoms with Gasteiger partial charge in [0.1, 0.15) is 132 Å². The molecule has 21 heterocycles. The summed E-state index contributed by atoms with van der Waals surface area (Å²) in [7, 11) is 0. The van der Waals surface area contributed by atoms with Gasteiger partial charge in [0.05, 0.1) is 0 Å². The van der Waals surface area contributed by atoms with Crippen molar-refractivity contribution in [2.24, 2.45) is 0 Å². The fourth-order valence-electron chi connectivity index (χ4n) is 16.0. The first-order valence-corrected chi connectivity index (χ1v) is 43.2. The largest absolute Gasteiger partial charge is 0.463 e. The molecule has 21 aliphatic rings. The Balaban J connectivity index is 1.52. The van der Waals surface area contributed by atoms with Crippen LogP contribution in [0.2, 0.25) is 0 Å². The maximum Gasteiger partial charge on any atom is 0.303 e. The van der Waals surface area contributed by atoms with E-state index in [2.05, 4.69) is 0 Å². The maximum atomic E-state index is 14.0. The van der Waals surface area contributed by atoms with Crippen molar-refractivity contribution in [2.45, 2.75) is 360 Å². The number of hydrogen-bond acceptors (Lipinski definition) is 56. The zero-order chi connectivity index (χ0) is 104. The molecule has 21 saturated heterocycles. The smallest absolute Gasteiger partial charge is 0.303 e. The molecular weight excluding hydrogens is 1900 g/mol. The molecule has 0 N–H and O–H groups in total. The van der Waals surface area contributed by atoms with Gasteiger partial charge in [-0.3, -0.25) is 101 Å². The standard InChI is InChI=1S/C84H112O56/c1-29(85)106-22-50-57-64(113-36(8)92)71(120-43(15)99)78(127-50)135-58-51(23-107-30(2)86)129-80(73(122-45(17)101)65(58)114-37(9)93)137-60-53(25-109-32(4)88)131-82(75(124-47(19)103)67(60)116-39(11)95)139-62-55(27-111-34(6)90)133-84(77(126-49(21)105)69(62)118-41(13)97)140-63-56(28-112-35(7)91)132-83(76(125-48(20)104)70(63)119-42(14)98)138-61-54(26-110-33(5)89)130-81(74(123-46(18)102)68(61)117-40(12)96)136-59-52(24-108-31(3)87)128-79(134-57)72(121-44(16)100)66(59)115-38(10)94/h50-84H,22-28H2,1-21H3/t50-,51-,52-,53-,54-,55+,56+,57-,58-,59-,60+,61-,62-,63+,64+,65+,66+,67+,68+,69+,70+,71-,72+,73-,74+,75-,76+,77+,78-,79+,80+,81+,82-,83+,84+/m1/s1. The number of hydrogen-bond donors (Lipinski definition) is 0. The predicted molar refractivity (Wildman–Crippen MR) is 429 cm³/mol. The van der Waals surface area contributed by atoms with Crippen LogP contribution in [0.15, 0.2) is 0 Å². The van der Waals surface area contributed by atoms with Crippen molar-refractivity contribution in [2.75, 3.05) is 46.2 Å². The summed E-state index contributed by atoms with van der Waals surface area (Å²) in [5.41, 5.74) is 0. The van der Waals surface area contributed by atoms with Crippen LogP contribution in [0.3, 0.4) is 0 Å². The van der Waals surface area contributed by atoms with E-state index in [-0.39, 0.29) is 0 Å². The molecule has 14 bridgehead atoms. The van der Waals surface area contributed by atoms with E-state index in [1.165, 1.54) is 0 Å². The molecule has 0 spiro atoms. The van der Waals surface area contributed by atoms with Crippen LogP contribution in [0.1, 0.15) is 145 Å². The molecule has 0 aromatic heterocycles. The molecule has 0 unspecified atom stereocenters. The zero-order valence-corrected chi connectivity index (χ0v) is 79.5. The summed E-state index contributed by atoms with van der Waals surface area (Å²) >= 11 is 0. The molecule has 56 heteroatoms. The van der Waals surface area contributed by atoms with Crippen LogP contribution in [-0.4, -0.2) is 387 Å². The lowest BCUT2D eigenvalue weighted by molar-refractivity contribution is -0.396. The summed E-state index contributed by atoms with van der Waals surface area (Å²) in [6.45, 7) is 9.45. The Morgan fingerprint density at radius 2 is 0.214 bits per heavy atom. The third-order valence-corrected chi connectivity index (χ3v) is 20.6. The van der Waals surface area contributed by atoms with Crippen LogP contribution in [0, 0.1) is 0 Å². The average molecular weight is 2020 g/mol. The minimum atomic E-state index is -2.47. The quantitative estimate of drug-likeness (QED) is 0.0548. The zero-order valence-electron chi connectivity index (χ0n) is 79.5. The van der Waals surface area contributed by atoms with Crippen LogP contribution >= 0.6 is 0 Å². The molecule has 0 radical (unpaired) electrons. The van der Waals surface area contributed by atoms with E-state index in [9.17, 15) is 101 Å². The van der Waals surface area contributed by atoms with Gasteiger partial charge in [-0.25, -0.2) is 0 Å². The van der Waals surface area contributed by atoms with E-state index in [1.807, 2.05) is 0 Å². The normalized spacial score (nSPS) is 34.6. The van der Waals surface area contributed by atoms with E-state index < -0.39 is 387 Å². The molecule has 35 atom stereocenters. The number of carbonyl (C=O) groups is 21. The Hall–Kier alpha value is -11.7. The van der Waals surface area contributed by atoms with Crippen molar-refractivity contribution in [3.8, 4) is 0 Å². The van der Waals surface area contributed by atoms with Gasteiger partial charge in [0.25, 0.3) is 0 Å². The highest BCUT2D eigenvalue weighted by Gasteiger charge is 2.66. The van der Waals surface area contributed by atoms with E-state index in [1.54, 1.807) is 0 Å². The van der Waals surface area contributed by atoms with Crippen molar-refractivity contribution in [3.63, 3.8) is 0 Å². The lowest BCUT2D eigenvalue weighted by atomic mass is 9.94. The van der Waals surface area contributed by atoms with Crippen molar-refractivity contribution in [1.82, 2.24) is 0 Å². The van der Waals surface area contributed by atoms with Crippen molar-refractivity contribution < 1.29 is 266 Å². The first kappa shape index (κ1) is 114. The van der Waals surface area contributed by atoms with Gasteiger partial charge in [0.2, 0.25) is 0 Å². The van der Waals surface area contributed by atoms with E-state index in [4.69, 9.17) is 166 Å². The van der Waals surface area contributed by atoms with Crippen LogP contribution in [0.25, 0.3) is 0 Å². The SMILES string of the molecule is CC(=O)OC[C@@H]1O[C@H]2O[C@H]3[C@H](OC(C)=O)[C@H](OC(C)=O)[C@H](O[C@H]4[C@H](OC(C)=O)[C@H](OC(C)=O)[C@H](O[C@H]5[C@H](OC(C)=O)[C@@H](OC(C)=O)[C@@H](O[C@H]6[C@H](OC(C)=O)[C@@H](OC(C)=O)[C@H](O[C@@H]7[C@H](OC(C)=O)[C@@H](OC(C)=O)[C@@H](O[C@H]8[C@H](OC(C)=O)[C@H](OC(C)=O)[C@H](O[C@@H]1[C@H](OC(C)=O)[C@@H]2OC(C)=O)O[C@H]8COC(C)=O)O[C@@H]7COC(C)=O)O[C@@H]6COC(C)=O)O[C@@H]5COC(C)=O)O[C@@H]4COC(C)=O)O[C@@H]3COC(C)=O. The highest BCUT2D eigenvalue weighted by Crippen LogP contribution is 2.45. The van der Waals surface area contributed by atoms with Gasteiger partial charge in [-0.2, -0.15) is 0 Å². The third kappa shape index (κ3) is 32.4. The van der Waals surface area contributed by atoms with Crippen LogP contribution < -0.4 is 0 Å². The Kier molecular flexibility index (Phi) is 41.9. The Morgan fingerprint density at radius 3 is 0.293 bits per heavy atom. The summed E-state index contributed by atoms with van der Waals surface area (Å²) in [6, 6.07) is 0. The Bertz CT molecular complexity index is 3700. The number of esters is 21. The molecule has 21 rings (SSSR count). The molecule has 0 aromatic rings. The van der Waals surface area contributed by atoms with Crippen molar-refractivity contribution in [1.29, 1.82) is 0 Å². The molecule has 0 aliphatic carbocycles. The van der Waals surface area contributed by atoms with Gasteiger partial charge >= 0.3 is 125 Å². The fourth-order valence-corrected chi connectivity index (χ4v) is 16.0. The average Bonchev–Trinajstić information content (AvgIpc) is 0.769. The minimum absolute atomic E-state index is 0.791. The Morgan fingerprint density at radius 1 is 0.129 bits per heavy atom. The monoisotopic (exact) mass is 2020 g/mol. The number of rotatable bonds is 28. The lowest BCUT2D eigenvalue weighted by Crippen LogP contribution is -2.70. The topological polar surface area (TPSA) is 682 Å². The lowest BCUT2D eigenvalue weighted by Gasteiger charge is -2.52. The molecular formula is C84H112O56. The number of carbonyl (C=O) groups excluding carboxylic acids is 21. The first-order valence-electron chi connectivity index (χ1n) is 43.2. The van der Waals surface area contributed by atoms with E-state index in [0.29, 0.717) is 0 Å². The highest BCUT2D eigenvalue weighted by atomic mass is 16.8. The van der Waals surface area contributed by atoms with Crippen molar-refractivity contribution in [3.05, 3.63) is 0 Å². The molecule has 21 fully saturated rings. The molecule has 784 valence electrons. The number of ether oxygens (including phenoxy) is 35. The summed E-state index contributed by atoms with van der Waals surface area (Å²) < 4.78 is 215. The molecule has 21 aliphatic heterocycles. The van der Waals surface area contributed by atoms with Gasteiger partial charge in [-0.05, 0) is 0 Å². The second-order valence-electron chi connectivity index (χ2n) is 32.2. The summed E-state index contributed by atoms with van der Waals surface area (Å²) in [4.78, 5) is 287. The summed E-state index contributed by atoms with van der Waals surface area (Å²) in [5, 5.41) is 0. The van der Waals surface area contributed by atoms with Gasteiger partial charge in [0.15, 0.2) is 129 Å². The van der Waals surface area contributed by atoms with Crippen LogP contribution in [0.4, 0.5) is 0 Å². The molecule has 140 heavy (non-hydrogen) atoms. The minimum Gasteiger partial charge on any atom is -0.463 e. The third-order valence-electron chi connectivity index (χ3n) is 20.6. The van der Waals surface area contributed by atoms with Crippen LogP contribution in [0.5, 0.6) is 0 Å².